The SMILES string of the molecule is CC(C)n1cc(S(=O)(=O)N(C)CC2CCC2)cc1CCl. The molecule has 114 valence electrons. The smallest absolute Gasteiger partial charge is 0.244 e. The summed E-state index contributed by atoms with van der Waals surface area (Å²) in [5.74, 6) is 0.842. The van der Waals surface area contributed by atoms with E-state index in [-0.39, 0.29) is 6.04 Å². The minimum absolute atomic E-state index is 0.199. The van der Waals surface area contributed by atoms with Crippen LogP contribution in [0.3, 0.4) is 0 Å². The molecule has 0 saturated heterocycles. The second-order valence-corrected chi connectivity index (χ2v) is 8.20. The van der Waals surface area contributed by atoms with E-state index in [9.17, 15) is 8.42 Å². The Morgan fingerprint density at radius 2 is 2.10 bits per heavy atom. The molecule has 1 aromatic rings. The van der Waals surface area contributed by atoms with Crippen molar-refractivity contribution >= 4 is 21.6 Å². The minimum atomic E-state index is -3.40. The molecule has 6 heteroatoms. The fourth-order valence-electron chi connectivity index (χ4n) is 2.54. The monoisotopic (exact) mass is 318 g/mol. The molecule has 0 aromatic carbocycles. The topological polar surface area (TPSA) is 42.3 Å². The highest BCUT2D eigenvalue weighted by Crippen LogP contribution is 2.29. The predicted molar refractivity (Wildman–Crippen MR) is 81.5 cm³/mol. The van der Waals surface area contributed by atoms with Gasteiger partial charge in [0.15, 0.2) is 0 Å². The Kier molecular flexibility index (Phi) is 4.82. The fourth-order valence-corrected chi connectivity index (χ4v) is 4.06. The van der Waals surface area contributed by atoms with Gasteiger partial charge in [-0.25, -0.2) is 12.7 Å². The van der Waals surface area contributed by atoms with Crippen LogP contribution < -0.4 is 0 Å². The Hall–Kier alpha value is -0.520. The second-order valence-electron chi connectivity index (χ2n) is 5.88. The zero-order chi connectivity index (χ0) is 14.9. The van der Waals surface area contributed by atoms with Crippen molar-refractivity contribution in [2.45, 2.75) is 49.9 Å². The maximum atomic E-state index is 12.6. The van der Waals surface area contributed by atoms with Crippen molar-refractivity contribution in [2.24, 2.45) is 5.92 Å². The van der Waals surface area contributed by atoms with E-state index in [1.54, 1.807) is 19.3 Å². The van der Waals surface area contributed by atoms with Crippen LogP contribution in [0.15, 0.2) is 17.2 Å². The molecule has 0 bridgehead atoms. The number of hydrogen-bond donors (Lipinski definition) is 0. The molecule has 0 spiro atoms. The maximum absolute atomic E-state index is 12.6. The lowest BCUT2D eigenvalue weighted by atomic mass is 9.86. The average molecular weight is 319 g/mol. The van der Waals surface area contributed by atoms with Gasteiger partial charge < -0.3 is 4.57 Å². The molecule has 1 aliphatic carbocycles. The number of halogens is 1. The van der Waals surface area contributed by atoms with Gasteiger partial charge in [-0.2, -0.15) is 0 Å². The van der Waals surface area contributed by atoms with Gasteiger partial charge in [0, 0.05) is 31.5 Å². The first-order valence-corrected chi connectivity index (χ1v) is 9.06. The van der Waals surface area contributed by atoms with Crippen molar-refractivity contribution in [1.29, 1.82) is 0 Å². The van der Waals surface area contributed by atoms with Crippen molar-refractivity contribution in [3.05, 3.63) is 18.0 Å². The third-order valence-electron chi connectivity index (χ3n) is 4.05. The van der Waals surface area contributed by atoms with Crippen LogP contribution in [0.1, 0.15) is 44.8 Å². The molecule has 0 N–H and O–H groups in total. The highest BCUT2D eigenvalue weighted by Gasteiger charge is 2.28. The average Bonchev–Trinajstić information content (AvgIpc) is 2.78. The lowest BCUT2D eigenvalue weighted by Gasteiger charge is -2.29. The Labute approximate surface area is 126 Å². The van der Waals surface area contributed by atoms with Gasteiger partial charge in [-0.1, -0.05) is 6.42 Å². The van der Waals surface area contributed by atoms with E-state index in [4.69, 9.17) is 11.6 Å². The maximum Gasteiger partial charge on any atom is 0.244 e. The molecular formula is C14H23ClN2O2S. The number of rotatable bonds is 6. The largest absolute Gasteiger partial charge is 0.346 e. The van der Waals surface area contributed by atoms with Crippen LogP contribution in [0, 0.1) is 5.92 Å². The van der Waals surface area contributed by atoms with E-state index in [0.717, 1.165) is 18.5 Å². The van der Waals surface area contributed by atoms with E-state index in [1.165, 1.54) is 10.7 Å². The van der Waals surface area contributed by atoms with Crippen molar-refractivity contribution in [3.8, 4) is 0 Å². The van der Waals surface area contributed by atoms with Crippen molar-refractivity contribution in [3.63, 3.8) is 0 Å². The van der Waals surface area contributed by atoms with Crippen LogP contribution in [-0.4, -0.2) is 30.9 Å². The lowest BCUT2D eigenvalue weighted by molar-refractivity contribution is 0.263. The summed E-state index contributed by atoms with van der Waals surface area (Å²) in [5.41, 5.74) is 0.845. The molecule has 20 heavy (non-hydrogen) atoms. The number of alkyl halides is 1. The summed E-state index contributed by atoms with van der Waals surface area (Å²) in [4.78, 5) is 0.351. The molecule has 1 aliphatic rings. The summed E-state index contributed by atoms with van der Waals surface area (Å²) in [6, 6.07) is 1.89. The van der Waals surface area contributed by atoms with Gasteiger partial charge in [-0.3, -0.25) is 0 Å². The molecular weight excluding hydrogens is 296 g/mol. The molecule has 0 unspecified atom stereocenters. The second kappa shape index (κ2) is 6.08. The Bertz CT molecular complexity index is 562. The molecule has 0 atom stereocenters. The van der Waals surface area contributed by atoms with Crippen molar-refractivity contribution < 1.29 is 8.42 Å². The van der Waals surface area contributed by atoms with Gasteiger partial charge in [0.2, 0.25) is 10.0 Å². The highest BCUT2D eigenvalue weighted by molar-refractivity contribution is 7.89. The van der Waals surface area contributed by atoms with Gasteiger partial charge in [0.1, 0.15) is 4.90 Å². The van der Waals surface area contributed by atoms with Crippen LogP contribution in [-0.2, 0) is 15.9 Å². The first-order valence-electron chi connectivity index (χ1n) is 7.09. The molecule has 1 aromatic heterocycles. The van der Waals surface area contributed by atoms with E-state index in [0.29, 0.717) is 23.2 Å². The van der Waals surface area contributed by atoms with Crippen molar-refractivity contribution in [2.75, 3.05) is 13.6 Å². The number of hydrogen-bond acceptors (Lipinski definition) is 2. The Balaban J connectivity index is 2.24. The van der Waals surface area contributed by atoms with Crippen LogP contribution >= 0.6 is 11.6 Å². The molecule has 1 heterocycles. The van der Waals surface area contributed by atoms with Crippen LogP contribution in [0.2, 0.25) is 0 Å². The Morgan fingerprint density at radius 3 is 2.50 bits per heavy atom. The first kappa shape index (κ1) is 15.9. The zero-order valence-corrected chi connectivity index (χ0v) is 13.9. The molecule has 0 amide bonds. The van der Waals surface area contributed by atoms with Gasteiger partial charge >= 0.3 is 0 Å². The molecule has 0 aliphatic heterocycles. The number of sulfonamides is 1. The van der Waals surface area contributed by atoms with Gasteiger partial charge in [-0.05, 0) is 38.7 Å². The first-order chi connectivity index (χ1) is 9.36. The summed E-state index contributed by atoms with van der Waals surface area (Å²) in [6.45, 7) is 4.65. The summed E-state index contributed by atoms with van der Waals surface area (Å²) in [6.07, 6.45) is 5.20. The lowest BCUT2D eigenvalue weighted by Crippen LogP contribution is -2.34. The summed E-state index contributed by atoms with van der Waals surface area (Å²) < 4.78 is 28.6. The third-order valence-corrected chi connectivity index (χ3v) is 6.11. The normalized spacial score (nSPS) is 16.9. The quantitative estimate of drug-likeness (QED) is 0.756. The molecule has 1 fully saturated rings. The van der Waals surface area contributed by atoms with Gasteiger partial charge in [0.05, 0.1) is 5.88 Å². The minimum Gasteiger partial charge on any atom is -0.346 e. The van der Waals surface area contributed by atoms with Crippen LogP contribution in [0.25, 0.3) is 0 Å². The predicted octanol–water partition coefficient (Wildman–Crippen LogP) is 3.23. The molecule has 2 rings (SSSR count). The molecule has 4 nitrogen and oxygen atoms in total. The van der Waals surface area contributed by atoms with Crippen LogP contribution in [0.5, 0.6) is 0 Å². The standard InChI is InChI=1S/C14H23ClN2O2S/c1-11(2)17-10-14(7-13(17)8-15)20(18,19)16(3)9-12-5-4-6-12/h7,10-12H,4-6,8-9H2,1-3H3. The van der Waals surface area contributed by atoms with Gasteiger partial charge in [-0.15, -0.1) is 11.6 Å². The molecule has 0 radical (unpaired) electrons. The van der Waals surface area contributed by atoms with Crippen molar-refractivity contribution in [1.82, 2.24) is 8.87 Å². The number of aromatic nitrogens is 1. The van der Waals surface area contributed by atoms with E-state index < -0.39 is 10.0 Å². The highest BCUT2D eigenvalue weighted by atomic mass is 35.5. The zero-order valence-electron chi connectivity index (χ0n) is 12.3. The van der Waals surface area contributed by atoms with E-state index in [2.05, 4.69) is 0 Å². The summed E-state index contributed by atoms with van der Waals surface area (Å²) in [7, 11) is -1.73. The third kappa shape index (κ3) is 3.05. The number of nitrogens with zero attached hydrogens (tertiary/aromatic N) is 2. The van der Waals surface area contributed by atoms with E-state index in [1.807, 2.05) is 18.4 Å². The van der Waals surface area contributed by atoms with Gasteiger partial charge in [0.25, 0.3) is 0 Å². The Morgan fingerprint density at radius 1 is 1.45 bits per heavy atom. The summed E-state index contributed by atoms with van der Waals surface area (Å²) >= 11 is 5.91. The van der Waals surface area contributed by atoms with Crippen LogP contribution in [0.4, 0.5) is 0 Å². The summed E-state index contributed by atoms with van der Waals surface area (Å²) in [5, 5.41) is 0. The molecule has 1 saturated carbocycles. The fraction of sp³-hybridized carbons (Fsp3) is 0.714. The van der Waals surface area contributed by atoms with E-state index >= 15 is 0 Å².